The zero-order chi connectivity index (χ0) is 22.8. The Morgan fingerprint density at radius 2 is 2.03 bits per heavy atom. The summed E-state index contributed by atoms with van der Waals surface area (Å²) in [5, 5.41) is 8.94. The average molecular weight is 441 g/mol. The van der Waals surface area contributed by atoms with E-state index >= 15 is 0 Å². The number of nitrogens with one attached hydrogen (secondary N) is 1. The van der Waals surface area contributed by atoms with Crippen LogP contribution in [0.15, 0.2) is 54.9 Å². The van der Waals surface area contributed by atoms with E-state index < -0.39 is 0 Å². The molecule has 0 bridgehead atoms. The van der Waals surface area contributed by atoms with Gasteiger partial charge in [0.05, 0.1) is 11.2 Å². The molecule has 5 rings (SSSR count). The first-order chi connectivity index (χ1) is 16.1. The Kier molecular flexibility index (Phi) is 5.88. The van der Waals surface area contributed by atoms with Gasteiger partial charge in [0, 0.05) is 47.7 Å². The Morgan fingerprint density at radius 1 is 1.12 bits per heavy atom. The first-order valence-electron chi connectivity index (χ1n) is 11.4. The SMILES string of the molecule is CN(C)CCCNC(=O)c1ccc2c(-c3c(-c4ccccn4)nn4c3CCC4)ccnc2c1. The zero-order valence-corrected chi connectivity index (χ0v) is 19.1. The number of aromatic nitrogens is 4. The van der Waals surface area contributed by atoms with Crippen molar-refractivity contribution in [2.75, 3.05) is 27.2 Å². The third-order valence-electron chi connectivity index (χ3n) is 6.09. The topological polar surface area (TPSA) is 75.9 Å². The van der Waals surface area contributed by atoms with E-state index in [-0.39, 0.29) is 5.91 Å². The van der Waals surface area contributed by atoms with Crippen molar-refractivity contribution >= 4 is 16.8 Å². The lowest BCUT2D eigenvalue weighted by molar-refractivity contribution is 0.0952. The molecule has 33 heavy (non-hydrogen) atoms. The van der Waals surface area contributed by atoms with Crippen LogP contribution in [0.4, 0.5) is 0 Å². The molecule has 1 aliphatic rings. The molecule has 1 N–H and O–H groups in total. The summed E-state index contributed by atoms with van der Waals surface area (Å²) in [4.78, 5) is 23.9. The minimum atomic E-state index is -0.0662. The second-order valence-corrected chi connectivity index (χ2v) is 8.72. The van der Waals surface area contributed by atoms with Crippen molar-refractivity contribution < 1.29 is 4.79 Å². The predicted octanol–water partition coefficient (Wildman–Crippen LogP) is 3.79. The molecule has 0 saturated carbocycles. The zero-order valence-electron chi connectivity index (χ0n) is 19.1. The first kappa shape index (κ1) is 21.3. The van der Waals surface area contributed by atoms with E-state index in [1.54, 1.807) is 6.20 Å². The Hall–Kier alpha value is -3.58. The van der Waals surface area contributed by atoms with Gasteiger partial charge in [0.2, 0.25) is 0 Å². The van der Waals surface area contributed by atoms with Crippen molar-refractivity contribution in [1.82, 2.24) is 30.0 Å². The monoisotopic (exact) mass is 440 g/mol. The molecule has 0 spiro atoms. The van der Waals surface area contributed by atoms with E-state index in [0.29, 0.717) is 12.1 Å². The van der Waals surface area contributed by atoms with Crippen molar-refractivity contribution in [2.24, 2.45) is 0 Å². The van der Waals surface area contributed by atoms with Crippen molar-refractivity contribution in [3.05, 3.63) is 66.1 Å². The molecule has 0 fully saturated rings. The van der Waals surface area contributed by atoms with Crippen LogP contribution in [0.25, 0.3) is 33.4 Å². The average Bonchev–Trinajstić information content (AvgIpc) is 3.43. The Labute approximate surface area is 193 Å². The van der Waals surface area contributed by atoms with Crippen molar-refractivity contribution in [3.63, 3.8) is 0 Å². The van der Waals surface area contributed by atoms with E-state index in [0.717, 1.165) is 65.8 Å². The minimum Gasteiger partial charge on any atom is -0.352 e. The smallest absolute Gasteiger partial charge is 0.251 e. The normalized spacial score (nSPS) is 12.9. The van der Waals surface area contributed by atoms with Crippen LogP contribution in [0.5, 0.6) is 0 Å². The first-order valence-corrected chi connectivity index (χ1v) is 11.4. The number of aryl methyl sites for hydroxylation is 1. The van der Waals surface area contributed by atoms with Gasteiger partial charge in [-0.05, 0) is 75.8 Å². The highest BCUT2D eigenvalue weighted by Gasteiger charge is 2.25. The molecule has 4 heterocycles. The lowest BCUT2D eigenvalue weighted by Gasteiger charge is -2.11. The highest BCUT2D eigenvalue weighted by Crippen LogP contribution is 2.39. The molecular formula is C26H28N6O. The molecule has 4 aromatic rings. The highest BCUT2D eigenvalue weighted by atomic mass is 16.1. The van der Waals surface area contributed by atoms with Gasteiger partial charge in [-0.25, -0.2) is 0 Å². The van der Waals surface area contributed by atoms with E-state index in [1.807, 2.05) is 62.8 Å². The van der Waals surface area contributed by atoms with Crippen LogP contribution < -0.4 is 5.32 Å². The van der Waals surface area contributed by atoms with Gasteiger partial charge in [-0.2, -0.15) is 5.10 Å². The summed E-state index contributed by atoms with van der Waals surface area (Å²) in [6, 6.07) is 13.7. The lowest BCUT2D eigenvalue weighted by Crippen LogP contribution is -2.27. The summed E-state index contributed by atoms with van der Waals surface area (Å²) < 4.78 is 2.11. The lowest BCUT2D eigenvalue weighted by atomic mass is 9.96. The number of pyridine rings is 2. The number of rotatable bonds is 7. The molecule has 1 aromatic carbocycles. The van der Waals surface area contributed by atoms with Crippen LogP contribution in [-0.2, 0) is 13.0 Å². The molecule has 0 radical (unpaired) electrons. The number of carbonyl (C=O) groups is 1. The maximum Gasteiger partial charge on any atom is 0.251 e. The van der Waals surface area contributed by atoms with Gasteiger partial charge in [0.15, 0.2) is 0 Å². The maximum atomic E-state index is 12.7. The summed E-state index contributed by atoms with van der Waals surface area (Å²) in [5.74, 6) is -0.0662. The second-order valence-electron chi connectivity index (χ2n) is 8.72. The van der Waals surface area contributed by atoms with Crippen molar-refractivity contribution in [2.45, 2.75) is 25.8 Å². The molecule has 1 aliphatic heterocycles. The number of amides is 1. The van der Waals surface area contributed by atoms with Crippen LogP contribution in [0.2, 0.25) is 0 Å². The fraction of sp³-hybridized carbons (Fsp3) is 0.308. The standard InChI is InChI=1S/C26H28N6O/c1-31(2)15-6-13-29-26(33)18-9-10-19-20(11-14-28-22(19)17-18)24-23-8-5-16-32(23)30-25(24)21-7-3-4-12-27-21/h3-4,7,9-12,14,17H,5-6,8,13,15-16H2,1-2H3,(H,29,33). The number of hydrogen-bond acceptors (Lipinski definition) is 5. The van der Waals surface area contributed by atoms with Gasteiger partial charge in [0.1, 0.15) is 5.69 Å². The van der Waals surface area contributed by atoms with E-state index in [9.17, 15) is 4.79 Å². The molecule has 1 amide bonds. The van der Waals surface area contributed by atoms with Crippen LogP contribution in [-0.4, -0.2) is 57.7 Å². The Balaban J connectivity index is 1.51. The molecule has 7 nitrogen and oxygen atoms in total. The minimum absolute atomic E-state index is 0.0662. The number of benzene rings is 1. The Morgan fingerprint density at radius 3 is 2.85 bits per heavy atom. The third-order valence-corrected chi connectivity index (χ3v) is 6.09. The van der Waals surface area contributed by atoms with Gasteiger partial charge in [-0.1, -0.05) is 12.1 Å². The summed E-state index contributed by atoms with van der Waals surface area (Å²) in [6.07, 6.45) is 6.62. The Bertz CT molecular complexity index is 1300. The molecule has 0 aliphatic carbocycles. The van der Waals surface area contributed by atoms with Crippen LogP contribution >= 0.6 is 0 Å². The molecule has 0 saturated heterocycles. The van der Waals surface area contributed by atoms with Crippen LogP contribution in [0.1, 0.15) is 28.9 Å². The number of nitrogens with zero attached hydrogens (tertiary/aromatic N) is 5. The quantitative estimate of drug-likeness (QED) is 0.443. The third kappa shape index (κ3) is 4.24. The maximum absolute atomic E-state index is 12.7. The van der Waals surface area contributed by atoms with Crippen LogP contribution in [0, 0.1) is 0 Å². The van der Waals surface area contributed by atoms with Gasteiger partial charge < -0.3 is 10.2 Å². The summed E-state index contributed by atoms with van der Waals surface area (Å²) in [5.41, 5.74) is 6.65. The summed E-state index contributed by atoms with van der Waals surface area (Å²) in [7, 11) is 4.06. The van der Waals surface area contributed by atoms with E-state index in [2.05, 4.69) is 24.9 Å². The van der Waals surface area contributed by atoms with Crippen molar-refractivity contribution in [1.29, 1.82) is 0 Å². The fourth-order valence-electron chi connectivity index (χ4n) is 4.50. The van der Waals surface area contributed by atoms with Crippen LogP contribution in [0.3, 0.4) is 0 Å². The number of fused-ring (bicyclic) bond motifs is 2. The predicted molar refractivity (Wildman–Crippen MR) is 130 cm³/mol. The highest BCUT2D eigenvalue weighted by molar-refractivity contribution is 6.03. The second kappa shape index (κ2) is 9.11. The van der Waals surface area contributed by atoms with E-state index in [4.69, 9.17) is 5.10 Å². The van der Waals surface area contributed by atoms with Crippen molar-refractivity contribution in [3.8, 4) is 22.5 Å². The molecule has 7 heteroatoms. The molecule has 3 aromatic heterocycles. The number of hydrogen-bond donors (Lipinski definition) is 1. The van der Waals surface area contributed by atoms with Gasteiger partial charge in [-0.3, -0.25) is 19.4 Å². The fourth-order valence-corrected chi connectivity index (χ4v) is 4.50. The van der Waals surface area contributed by atoms with Gasteiger partial charge in [0.25, 0.3) is 5.91 Å². The molecule has 0 atom stereocenters. The van der Waals surface area contributed by atoms with Gasteiger partial charge >= 0.3 is 0 Å². The van der Waals surface area contributed by atoms with Gasteiger partial charge in [-0.15, -0.1) is 0 Å². The summed E-state index contributed by atoms with van der Waals surface area (Å²) >= 11 is 0. The molecule has 0 unspecified atom stereocenters. The summed E-state index contributed by atoms with van der Waals surface area (Å²) in [6.45, 7) is 2.52. The molecule has 168 valence electrons. The molecular weight excluding hydrogens is 412 g/mol. The number of carbonyl (C=O) groups excluding carboxylic acids is 1. The van der Waals surface area contributed by atoms with E-state index in [1.165, 1.54) is 5.69 Å². The largest absolute Gasteiger partial charge is 0.352 e.